The molecular weight excluding hydrogens is 389 g/mol. The number of carbonyl (C=O) groups is 2. The van der Waals surface area contributed by atoms with E-state index in [1.165, 1.54) is 17.4 Å². The number of nitrogens with one attached hydrogen (secondary N) is 1. The van der Waals surface area contributed by atoms with Gasteiger partial charge in [-0.05, 0) is 59.3 Å². The van der Waals surface area contributed by atoms with Crippen molar-refractivity contribution >= 4 is 51.5 Å². The van der Waals surface area contributed by atoms with E-state index in [4.69, 9.17) is 5.11 Å². The van der Waals surface area contributed by atoms with Gasteiger partial charge in [0.1, 0.15) is 0 Å². The van der Waals surface area contributed by atoms with Crippen LogP contribution in [-0.2, 0) is 6.42 Å². The van der Waals surface area contributed by atoms with Gasteiger partial charge in [0.05, 0.1) is 16.1 Å². The van der Waals surface area contributed by atoms with Gasteiger partial charge >= 0.3 is 5.97 Å². The lowest BCUT2D eigenvalue weighted by atomic mass is 10.2. The van der Waals surface area contributed by atoms with Crippen LogP contribution in [0.15, 0.2) is 30.3 Å². The zero-order valence-electron chi connectivity index (χ0n) is 10.6. The Kier molecular flexibility index (Phi) is 4.77. The Bertz CT molecular complexity index is 666. The van der Waals surface area contributed by atoms with Gasteiger partial charge in [-0.25, -0.2) is 4.79 Å². The molecule has 0 aliphatic heterocycles. The first-order valence-electron chi connectivity index (χ1n) is 5.94. The molecule has 1 aromatic carbocycles. The van der Waals surface area contributed by atoms with E-state index in [9.17, 15) is 9.59 Å². The average molecular weight is 401 g/mol. The second kappa shape index (κ2) is 6.36. The molecule has 20 heavy (non-hydrogen) atoms. The fourth-order valence-electron chi connectivity index (χ4n) is 1.68. The first-order chi connectivity index (χ1) is 9.51. The van der Waals surface area contributed by atoms with Gasteiger partial charge in [-0.2, -0.15) is 0 Å². The molecule has 0 aliphatic carbocycles. The van der Waals surface area contributed by atoms with Crippen LogP contribution in [0.25, 0.3) is 0 Å². The lowest BCUT2D eigenvalue weighted by molar-refractivity contribution is 0.0698. The number of rotatable bonds is 4. The highest BCUT2D eigenvalue weighted by atomic mass is 127. The maximum Gasteiger partial charge on any atom is 0.337 e. The van der Waals surface area contributed by atoms with E-state index in [1.54, 1.807) is 18.2 Å². The molecule has 0 fully saturated rings. The predicted molar refractivity (Wildman–Crippen MR) is 87.8 cm³/mol. The molecule has 6 heteroatoms. The number of carboxylic acids is 1. The number of aryl methyl sites for hydroxylation is 1. The molecule has 4 nitrogen and oxygen atoms in total. The molecule has 0 saturated heterocycles. The van der Waals surface area contributed by atoms with Crippen LogP contribution in [0.5, 0.6) is 0 Å². The number of anilines is 1. The van der Waals surface area contributed by atoms with Gasteiger partial charge in [0, 0.05) is 8.45 Å². The van der Waals surface area contributed by atoms with Crippen molar-refractivity contribution in [3.8, 4) is 0 Å². The van der Waals surface area contributed by atoms with Crippen LogP contribution >= 0.6 is 33.9 Å². The number of hydrogen-bond donors (Lipinski definition) is 2. The summed E-state index contributed by atoms with van der Waals surface area (Å²) in [5.41, 5.74) is 0.409. The number of thiophene rings is 1. The van der Waals surface area contributed by atoms with Gasteiger partial charge in [0.2, 0.25) is 0 Å². The second-order valence-electron chi connectivity index (χ2n) is 4.07. The maximum absolute atomic E-state index is 12.1. The second-order valence-corrected chi connectivity index (χ2v) is 6.48. The molecule has 2 aromatic rings. The first kappa shape index (κ1) is 15.0. The Labute approximate surface area is 134 Å². The van der Waals surface area contributed by atoms with Gasteiger partial charge in [-0.15, -0.1) is 11.3 Å². The summed E-state index contributed by atoms with van der Waals surface area (Å²) in [7, 11) is 0. The summed E-state index contributed by atoms with van der Waals surface area (Å²) in [4.78, 5) is 25.0. The van der Waals surface area contributed by atoms with Gasteiger partial charge in [0.15, 0.2) is 0 Å². The standard InChI is InChI=1S/C14H12INO3S/c1-2-9-4-6-12(20-9)13(17)16-11-5-3-8(15)7-10(11)14(18)19/h3-7H,2H2,1H3,(H,16,17)(H,18,19). The summed E-state index contributed by atoms with van der Waals surface area (Å²) in [6.07, 6.45) is 0.877. The minimum atomic E-state index is -1.06. The number of halogens is 1. The highest BCUT2D eigenvalue weighted by Gasteiger charge is 2.15. The molecule has 104 valence electrons. The molecule has 0 saturated carbocycles. The number of aromatic carboxylic acids is 1. The monoisotopic (exact) mass is 401 g/mol. The quantitative estimate of drug-likeness (QED) is 0.765. The van der Waals surface area contributed by atoms with Crippen molar-refractivity contribution in [2.45, 2.75) is 13.3 Å². The van der Waals surface area contributed by atoms with E-state index in [0.29, 0.717) is 10.6 Å². The summed E-state index contributed by atoms with van der Waals surface area (Å²) in [6.45, 7) is 2.02. The van der Waals surface area contributed by atoms with Crippen molar-refractivity contribution < 1.29 is 14.7 Å². The number of carboxylic acid groups (broad SMARTS) is 1. The van der Waals surface area contributed by atoms with E-state index < -0.39 is 5.97 Å². The molecule has 0 unspecified atom stereocenters. The van der Waals surface area contributed by atoms with Crippen molar-refractivity contribution in [3.05, 3.63) is 49.2 Å². The van der Waals surface area contributed by atoms with Gasteiger partial charge in [-0.3, -0.25) is 4.79 Å². The lowest BCUT2D eigenvalue weighted by Crippen LogP contribution is -2.13. The van der Waals surface area contributed by atoms with Crippen molar-refractivity contribution in [2.75, 3.05) is 5.32 Å². The van der Waals surface area contributed by atoms with Gasteiger partial charge < -0.3 is 10.4 Å². The predicted octanol–water partition coefficient (Wildman–Crippen LogP) is 3.87. The minimum absolute atomic E-state index is 0.0949. The molecule has 0 atom stereocenters. The molecule has 2 rings (SSSR count). The Hall–Kier alpha value is -1.41. The van der Waals surface area contributed by atoms with Crippen LogP contribution in [0.3, 0.4) is 0 Å². The third-order valence-electron chi connectivity index (χ3n) is 2.69. The highest BCUT2D eigenvalue weighted by Crippen LogP contribution is 2.22. The van der Waals surface area contributed by atoms with Gasteiger partial charge in [-0.1, -0.05) is 6.92 Å². The highest BCUT2D eigenvalue weighted by molar-refractivity contribution is 14.1. The summed E-state index contributed by atoms with van der Waals surface area (Å²) >= 11 is 3.45. The molecule has 1 amide bonds. The Morgan fingerprint density at radius 3 is 2.65 bits per heavy atom. The number of hydrogen-bond acceptors (Lipinski definition) is 3. The van der Waals surface area contributed by atoms with Gasteiger partial charge in [0.25, 0.3) is 5.91 Å². The summed E-state index contributed by atoms with van der Waals surface area (Å²) in [5, 5.41) is 11.8. The fourth-order valence-corrected chi connectivity index (χ4v) is 3.01. The molecule has 0 spiro atoms. The van der Waals surface area contributed by atoms with Crippen LogP contribution in [0.1, 0.15) is 31.8 Å². The van der Waals surface area contributed by atoms with Crippen molar-refractivity contribution in [1.82, 2.24) is 0 Å². The third kappa shape index (κ3) is 3.37. The van der Waals surface area contributed by atoms with Crippen LogP contribution in [0.4, 0.5) is 5.69 Å². The molecule has 0 radical (unpaired) electrons. The smallest absolute Gasteiger partial charge is 0.337 e. The summed E-state index contributed by atoms with van der Waals surface area (Å²) < 4.78 is 0.808. The summed E-state index contributed by atoms with van der Waals surface area (Å²) in [5.74, 6) is -1.34. The largest absolute Gasteiger partial charge is 0.478 e. The number of benzene rings is 1. The number of carbonyl (C=O) groups excluding carboxylic acids is 1. The van der Waals surface area contributed by atoms with E-state index in [2.05, 4.69) is 5.32 Å². The molecule has 0 aliphatic rings. The SMILES string of the molecule is CCc1ccc(C(=O)Nc2ccc(I)cc2C(=O)O)s1. The first-order valence-corrected chi connectivity index (χ1v) is 7.83. The van der Waals surface area contributed by atoms with Crippen LogP contribution < -0.4 is 5.32 Å². The number of amides is 1. The lowest BCUT2D eigenvalue weighted by Gasteiger charge is -2.08. The Morgan fingerprint density at radius 1 is 1.30 bits per heavy atom. The Balaban J connectivity index is 2.25. The molecule has 1 heterocycles. The van der Waals surface area contributed by atoms with Crippen LogP contribution in [0, 0.1) is 3.57 Å². The zero-order valence-corrected chi connectivity index (χ0v) is 13.6. The normalized spacial score (nSPS) is 10.3. The van der Waals surface area contributed by atoms with Crippen molar-refractivity contribution in [2.24, 2.45) is 0 Å². The van der Waals surface area contributed by atoms with Crippen molar-refractivity contribution in [3.63, 3.8) is 0 Å². The fraction of sp³-hybridized carbons (Fsp3) is 0.143. The Morgan fingerprint density at radius 2 is 2.05 bits per heavy atom. The zero-order chi connectivity index (χ0) is 14.7. The molecular formula is C14H12INO3S. The van der Waals surface area contributed by atoms with E-state index in [0.717, 1.165) is 14.9 Å². The van der Waals surface area contributed by atoms with E-state index in [-0.39, 0.29) is 11.5 Å². The van der Waals surface area contributed by atoms with Crippen LogP contribution in [0.2, 0.25) is 0 Å². The average Bonchev–Trinajstić information content (AvgIpc) is 2.89. The molecule has 2 N–H and O–H groups in total. The van der Waals surface area contributed by atoms with Crippen molar-refractivity contribution in [1.29, 1.82) is 0 Å². The third-order valence-corrected chi connectivity index (χ3v) is 4.59. The minimum Gasteiger partial charge on any atom is -0.478 e. The topological polar surface area (TPSA) is 66.4 Å². The molecule has 0 bridgehead atoms. The van der Waals surface area contributed by atoms with E-state index in [1.807, 2.05) is 35.6 Å². The maximum atomic E-state index is 12.1. The summed E-state index contributed by atoms with van der Waals surface area (Å²) in [6, 6.07) is 8.56. The molecule has 1 aromatic heterocycles. The van der Waals surface area contributed by atoms with Crippen LogP contribution in [-0.4, -0.2) is 17.0 Å². The van der Waals surface area contributed by atoms with E-state index >= 15 is 0 Å².